The van der Waals surface area contributed by atoms with Gasteiger partial charge in [0, 0.05) is 37.7 Å². The van der Waals surface area contributed by atoms with Crippen LogP contribution in [0.2, 0.25) is 5.02 Å². The summed E-state index contributed by atoms with van der Waals surface area (Å²) in [5.74, 6) is -0.712. The third-order valence-electron chi connectivity index (χ3n) is 4.51. The van der Waals surface area contributed by atoms with Crippen LogP contribution in [0.15, 0.2) is 54.6 Å². The van der Waals surface area contributed by atoms with E-state index in [4.69, 9.17) is 11.6 Å². The van der Waals surface area contributed by atoms with Gasteiger partial charge < -0.3 is 5.32 Å². The molecular formula is C21H23ClFN3O. The number of halogens is 2. The maximum absolute atomic E-state index is 13.7. The van der Waals surface area contributed by atoms with Crippen LogP contribution in [0.4, 0.5) is 10.1 Å². The average molecular weight is 388 g/mol. The van der Waals surface area contributed by atoms with Crippen molar-refractivity contribution < 1.29 is 9.18 Å². The number of amides is 1. The largest absolute Gasteiger partial charge is 0.322 e. The summed E-state index contributed by atoms with van der Waals surface area (Å²) < 4.78 is 13.7. The third kappa shape index (κ3) is 6.17. The van der Waals surface area contributed by atoms with E-state index in [1.807, 2.05) is 18.2 Å². The van der Waals surface area contributed by atoms with Crippen molar-refractivity contribution in [1.82, 2.24) is 9.80 Å². The highest BCUT2D eigenvalue weighted by molar-refractivity contribution is 6.30. The predicted octanol–water partition coefficient (Wildman–Crippen LogP) is 3.75. The van der Waals surface area contributed by atoms with Gasteiger partial charge in [-0.3, -0.25) is 14.6 Å². The summed E-state index contributed by atoms with van der Waals surface area (Å²) in [6, 6.07) is 14.3. The smallest absolute Gasteiger partial charge is 0.238 e. The molecule has 0 atom stereocenters. The highest BCUT2D eigenvalue weighted by atomic mass is 35.5. The van der Waals surface area contributed by atoms with Gasteiger partial charge in [0.2, 0.25) is 5.91 Å². The van der Waals surface area contributed by atoms with E-state index < -0.39 is 5.82 Å². The van der Waals surface area contributed by atoms with E-state index in [0.29, 0.717) is 5.02 Å². The topological polar surface area (TPSA) is 35.6 Å². The first-order chi connectivity index (χ1) is 13.1. The van der Waals surface area contributed by atoms with Gasteiger partial charge in [0.25, 0.3) is 0 Å². The Morgan fingerprint density at radius 1 is 1.07 bits per heavy atom. The van der Waals surface area contributed by atoms with Crippen LogP contribution in [-0.2, 0) is 4.79 Å². The molecule has 0 radical (unpaired) electrons. The fraction of sp³-hybridized carbons (Fsp3) is 0.286. The Labute approximate surface area is 164 Å². The normalized spacial score (nSPS) is 15.9. The number of nitrogens with zero attached hydrogens (tertiary/aromatic N) is 2. The maximum Gasteiger partial charge on any atom is 0.238 e. The molecular weight excluding hydrogens is 365 g/mol. The number of piperazine rings is 1. The summed E-state index contributed by atoms with van der Waals surface area (Å²) in [7, 11) is 0. The molecule has 1 saturated heterocycles. The molecule has 1 aliphatic rings. The van der Waals surface area contributed by atoms with Gasteiger partial charge in [-0.1, -0.05) is 54.1 Å². The number of benzene rings is 2. The molecule has 0 bridgehead atoms. The quantitative estimate of drug-likeness (QED) is 0.820. The van der Waals surface area contributed by atoms with Gasteiger partial charge in [-0.05, 0) is 23.8 Å². The molecule has 4 nitrogen and oxygen atoms in total. The Hall–Kier alpha value is -2.21. The van der Waals surface area contributed by atoms with Crippen LogP contribution in [-0.4, -0.2) is 55.0 Å². The Morgan fingerprint density at radius 2 is 1.78 bits per heavy atom. The molecule has 1 amide bonds. The minimum absolute atomic E-state index is 0.122. The molecule has 6 heteroatoms. The van der Waals surface area contributed by atoms with E-state index in [0.717, 1.165) is 32.7 Å². The molecule has 0 unspecified atom stereocenters. The molecule has 0 aliphatic carbocycles. The molecule has 1 fully saturated rings. The number of rotatable bonds is 6. The standard InChI is InChI=1S/C21H23ClFN3O/c22-18-8-9-19(23)20(15-18)24-21(27)16-26-13-11-25(12-14-26)10-4-7-17-5-2-1-3-6-17/h1-9,15H,10-14,16H2,(H,24,27). The zero-order valence-corrected chi connectivity index (χ0v) is 15.8. The second-order valence-corrected chi connectivity index (χ2v) is 7.00. The number of carbonyl (C=O) groups excluding carboxylic acids is 1. The minimum atomic E-state index is -0.484. The fourth-order valence-corrected chi connectivity index (χ4v) is 3.19. The number of hydrogen-bond acceptors (Lipinski definition) is 3. The second-order valence-electron chi connectivity index (χ2n) is 6.56. The number of hydrogen-bond donors (Lipinski definition) is 1. The van der Waals surface area contributed by atoms with E-state index >= 15 is 0 Å². The summed E-state index contributed by atoms with van der Waals surface area (Å²) >= 11 is 5.85. The highest BCUT2D eigenvalue weighted by Crippen LogP contribution is 2.19. The molecule has 27 heavy (non-hydrogen) atoms. The lowest BCUT2D eigenvalue weighted by Gasteiger charge is -2.33. The Bertz CT molecular complexity index is 789. The van der Waals surface area contributed by atoms with Crippen LogP contribution in [0.3, 0.4) is 0 Å². The molecule has 1 heterocycles. The monoisotopic (exact) mass is 387 g/mol. The van der Waals surface area contributed by atoms with Crippen molar-refractivity contribution >= 4 is 29.3 Å². The first-order valence-electron chi connectivity index (χ1n) is 9.01. The molecule has 2 aromatic rings. The molecule has 0 saturated carbocycles. The first kappa shape index (κ1) is 19.5. The third-order valence-corrected chi connectivity index (χ3v) is 4.74. The van der Waals surface area contributed by atoms with Crippen LogP contribution in [0.25, 0.3) is 6.08 Å². The first-order valence-corrected chi connectivity index (χ1v) is 9.39. The van der Waals surface area contributed by atoms with Crippen molar-refractivity contribution in [3.63, 3.8) is 0 Å². The Balaban J connectivity index is 1.40. The summed E-state index contributed by atoms with van der Waals surface area (Å²) in [5.41, 5.74) is 1.32. The van der Waals surface area contributed by atoms with Crippen LogP contribution in [0.5, 0.6) is 0 Å². The average Bonchev–Trinajstić information content (AvgIpc) is 2.67. The van der Waals surface area contributed by atoms with Gasteiger partial charge in [0.15, 0.2) is 0 Å². The van der Waals surface area contributed by atoms with Crippen molar-refractivity contribution in [1.29, 1.82) is 0 Å². The fourth-order valence-electron chi connectivity index (χ4n) is 3.02. The summed E-state index contributed by atoms with van der Waals surface area (Å²) in [4.78, 5) is 16.6. The van der Waals surface area contributed by atoms with E-state index in [9.17, 15) is 9.18 Å². The van der Waals surface area contributed by atoms with Crippen LogP contribution in [0.1, 0.15) is 5.56 Å². The van der Waals surface area contributed by atoms with Gasteiger partial charge in [0.05, 0.1) is 12.2 Å². The Morgan fingerprint density at radius 3 is 2.52 bits per heavy atom. The van der Waals surface area contributed by atoms with E-state index in [2.05, 4.69) is 39.4 Å². The molecule has 2 aromatic carbocycles. The molecule has 3 rings (SSSR count). The van der Waals surface area contributed by atoms with E-state index in [1.165, 1.54) is 23.8 Å². The Kier molecular flexibility index (Phi) is 6.98. The van der Waals surface area contributed by atoms with E-state index in [-0.39, 0.29) is 18.1 Å². The lowest BCUT2D eigenvalue weighted by atomic mass is 10.2. The number of anilines is 1. The molecule has 0 aromatic heterocycles. The van der Waals surface area contributed by atoms with Gasteiger partial charge in [0.1, 0.15) is 5.82 Å². The van der Waals surface area contributed by atoms with Gasteiger partial charge in [-0.2, -0.15) is 0 Å². The number of nitrogens with one attached hydrogen (secondary N) is 1. The van der Waals surface area contributed by atoms with Crippen molar-refractivity contribution in [3.8, 4) is 0 Å². The summed E-state index contributed by atoms with van der Waals surface area (Å²) in [5, 5.41) is 2.99. The summed E-state index contributed by atoms with van der Waals surface area (Å²) in [6.45, 7) is 4.56. The van der Waals surface area contributed by atoms with Crippen molar-refractivity contribution in [3.05, 3.63) is 71.0 Å². The molecule has 1 aliphatic heterocycles. The predicted molar refractivity (Wildman–Crippen MR) is 108 cm³/mol. The van der Waals surface area contributed by atoms with E-state index in [1.54, 1.807) is 0 Å². The molecule has 0 spiro atoms. The van der Waals surface area contributed by atoms with Crippen molar-refractivity contribution in [2.45, 2.75) is 0 Å². The minimum Gasteiger partial charge on any atom is -0.322 e. The number of carbonyl (C=O) groups is 1. The molecule has 1 N–H and O–H groups in total. The van der Waals surface area contributed by atoms with Crippen LogP contribution >= 0.6 is 11.6 Å². The zero-order valence-electron chi connectivity index (χ0n) is 15.1. The maximum atomic E-state index is 13.7. The van der Waals surface area contributed by atoms with Gasteiger partial charge in [-0.15, -0.1) is 0 Å². The zero-order chi connectivity index (χ0) is 19.1. The lowest BCUT2D eigenvalue weighted by Crippen LogP contribution is -2.48. The van der Waals surface area contributed by atoms with Crippen molar-refractivity contribution in [2.24, 2.45) is 0 Å². The highest BCUT2D eigenvalue weighted by Gasteiger charge is 2.18. The van der Waals surface area contributed by atoms with Crippen LogP contribution in [0, 0.1) is 5.82 Å². The van der Waals surface area contributed by atoms with Crippen LogP contribution < -0.4 is 5.32 Å². The lowest BCUT2D eigenvalue weighted by molar-refractivity contribution is -0.117. The van der Waals surface area contributed by atoms with Crippen molar-refractivity contribution in [2.75, 3.05) is 44.6 Å². The SMILES string of the molecule is O=C(CN1CCN(CC=Cc2ccccc2)CC1)Nc1cc(Cl)ccc1F. The van der Waals surface area contributed by atoms with Gasteiger partial charge >= 0.3 is 0 Å². The molecule has 142 valence electrons. The van der Waals surface area contributed by atoms with Gasteiger partial charge in [-0.25, -0.2) is 4.39 Å². The summed E-state index contributed by atoms with van der Waals surface area (Å²) in [6.07, 6.45) is 4.29. The second kappa shape index (κ2) is 9.65.